The molecule has 154 valence electrons. The molecule has 0 bridgehead atoms. The maximum Gasteiger partial charge on any atom is 0.416 e. The molecule has 5 nitrogen and oxygen atoms in total. The summed E-state index contributed by atoms with van der Waals surface area (Å²) in [5, 5.41) is 4.73. The number of halogens is 3. The van der Waals surface area contributed by atoms with E-state index in [9.17, 15) is 18.0 Å². The number of hydrogen-bond donors (Lipinski definition) is 1. The fourth-order valence-electron chi connectivity index (χ4n) is 3.17. The van der Waals surface area contributed by atoms with Gasteiger partial charge in [-0.15, -0.1) is 11.3 Å². The van der Waals surface area contributed by atoms with Gasteiger partial charge >= 0.3 is 6.18 Å². The zero-order valence-electron chi connectivity index (χ0n) is 15.8. The summed E-state index contributed by atoms with van der Waals surface area (Å²) in [4.78, 5) is 21.9. The van der Waals surface area contributed by atoms with Gasteiger partial charge in [-0.2, -0.15) is 13.2 Å². The monoisotopic (exact) mass is 430 g/mol. The van der Waals surface area contributed by atoms with Gasteiger partial charge in [-0.1, -0.05) is 19.1 Å². The average Bonchev–Trinajstić information content (AvgIpc) is 3.33. The van der Waals surface area contributed by atoms with Crippen LogP contribution in [-0.4, -0.2) is 20.3 Å². The number of alkyl halides is 3. The molecule has 4 aromatic rings. The quantitative estimate of drug-likeness (QED) is 0.464. The summed E-state index contributed by atoms with van der Waals surface area (Å²) in [7, 11) is 0. The lowest BCUT2D eigenvalue weighted by Crippen LogP contribution is -2.29. The second-order valence-corrected chi connectivity index (χ2v) is 7.53. The first kappa shape index (κ1) is 20.1. The first-order valence-electron chi connectivity index (χ1n) is 9.22. The van der Waals surface area contributed by atoms with Crippen molar-refractivity contribution in [3.8, 4) is 11.3 Å². The van der Waals surface area contributed by atoms with E-state index in [0.717, 1.165) is 17.7 Å². The molecule has 1 amide bonds. The molecule has 0 aliphatic carbocycles. The number of carbonyl (C=O) groups is 1. The molecule has 9 heteroatoms. The number of fused-ring (bicyclic) bond motifs is 1. The van der Waals surface area contributed by atoms with Crippen LogP contribution in [0, 0.1) is 0 Å². The third kappa shape index (κ3) is 3.93. The Bertz CT molecular complexity index is 1170. The van der Waals surface area contributed by atoms with Crippen molar-refractivity contribution >= 4 is 22.2 Å². The average molecular weight is 430 g/mol. The van der Waals surface area contributed by atoms with E-state index >= 15 is 0 Å². The van der Waals surface area contributed by atoms with Crippen molar-refractivity contribution in [2.24, 2.45) is 0 Å². The second-order valence-electron chi connectivity index (χ2n) is 6.69. The molecule has 0 spiro atoms. The molecule has 0 aliphatic rings. The topological polar surface area (TPSA) is 59.3 Å². The fourth-order valence-corrected chi connectivity index (χ4v) is 4.02. The van der Waals surface area contributed by atoms with E-state index in [-0.39, 0.29) is 11.9 Å². The Hall–Kier alpha value is -3.20. The summed E-state index contributed by atoms with van der Waals surface area (Å²) in [5.41, 5.74) is 1.73. The first-order valence-corrected chi connectivity index (χ1v) is 10.1. The highest BCUT2D eigenvalue weighted by Crippen LogP contribution is 2.31. The molecule has 30 heavy (non-hydrogen) atoms. The van der Waals surface area contributed by atoms with E-state index in [1.54, 1.807) is 28.4 Å². The number of rotatable bonds is 5. The van der Waals surface area contributed by atoms with Crippen LogP contribution >= 0.6 is 11.3 Å². The van der Waals surface area contributed by atoms with Crippen molar-refractivity contribution in [3.63, 3.8) is 0 Å². The van der Waals surface area contributed by atoms with E-state index < -0.39 is 11.7 Å². The van der Waals surface area contributed by atoms with Crippen molar-refractivity contribution in [1.29, 1.82) is 0 Å². The summed E-state index contributed by atoms with van der Waals surface area (Å²) >= 11 is 1.30. The Morgan fingerprint density at radius 1 is 1.17 bits per heavy atom. The number of carbonyl (C=O) groups excluding carboxylic acids is 1. The van der Waals surface area contributed by atoms with E-state index in [1.807, 2.05) is 19.1 Å². The highest BCUT2D eigenvalue weighted by molar-refractivity contribution is 7.15. The lowest BCUT2D eigenvalue weighted by Gasteiger charge is -2.16. The molecule has 0 fully saturated rings. The van der Waals surface area contributed by atoms with Crippen LogP contribution in [0.2, 0.25) is 0 Å². The third-order valence-corrected chi connectivity index (χ3v) is 5.61. The van der Waals surface area contributed by atoms with Gasteiger partial charge in [-0.25, -0.2) is 4.98 Å². The molecule has 0 saturated heterocycles. The van der Waals surface area contributed by atoms with Gasteiger partial charge in [0.15, 0.2) is 4.96 Å². The molecule has 4 rings (SSSR count). The Balaban J connectivity index is 1.59. The molecule has 3 heterocycles. The summed E-state index contributed by atoms with van der Waals surface area (Å²) < 4.78 is 40.0. The molecular weight excluding hydrogens is 413 g/mol. The lowest BCUT2D eigenvalue weighted by atomic mass is 10.1. The predicted octanol–water partition coefficient (Wildman–Crippen LogP) is 5.36. The number of aromatic nitrogens is 3. The van der Waals surface area contributed by atoms with Gasteiger partial charge in [0.05, 0.1) is 17.3 Å². The Kier molecular flexibility index (Phi) is 5.29. The Morgan fingerprint density at radius 3 is 2.50 bits per heavy atom. The number of hydrogen-bond acceptors (Lipinski definition) is 4. The predicted molar refractivity (Wildman–Crippen MR) is 108 cm³/mol. The van der Waals surface area contributed by atoms with Crippen LogP contribution in [0.1, 0.15) is 41.0 Å². The number of benzene rings is 1. The molecule has 0 saturated carbocycles. The van der Waals surface area contributed by atoms with Gasteiger partial charge in [0, 0.05) is 29.5 Å². The largest absolute Gasteiger partial charge is 0.416 e. The zero-order chi connectivity index (χ0) is 21.3. The maximum absolute atomic E-state index is 12.9. The molecule has 1 atom stereocenters. The number of nitrogens with one attached hydrogen (secondary N) is 1. The van der Waals surface area contributed by atoms with Crippen LogP contribution in [0.25, 0.3) is 16.2 Å². The second kappa shape index (κ2) is 7.91. The van der Waals surface area contributed by atoms with Gasteiger partial charge in [-0.3, -0.25) is 14.2 Å². The van der Waals surface area contributed by atoms with Gasteiger partial charge in [0.1, 0.15) is 5.69 Å². The van der Waals surface area contributed by atoms with Crippen molar-refractivity contribution in [2.75, 3.05) is 0 Å². The lowest BCUT2D eigenvalue weighted by molar-refractivity contribution is -0.137. The van der Waals surface area contributed by atoms with Crippen molar-refractivity contribution in [2.45, 2.75) is 25.6 Å². The maximum atomic E-state index is 12.9. The normalized spacial score (nSPS) is 12.8. The highest BCUT2D eigenvalue weighted by Gasteiger charge is 2.30. The third-order valence-electron chi connectivity index (χ3n) is 4.77. The summed E-state index contributed by atoms with van der Waals surface area (Å²) in [5.74, 6) is -0.249. The van der Waals surface area contributed by atoms with E-state index in [4.69, 9.17) is 0 Å². The summed E-state index contributed by atoms with van der Waals surface area (Å²) in [6.07, 6.45) is 1.35. The molecule has 0 radical (unpaired) electrons. The van der Waals surface area contributed by atoms with Gasteiger partial charge < -0.3 is 5.32 Å². The molecule has 1 aromatic carbocycles. The zero-order valence-corrected chi connectivity index (χ0v) is 16.7. The van der Waals surface area contributed by atoms with Crippen LogP contribution in [-0.2, 0) is 6.18 Å². The number of imidazole rings is 1. The SMILES string of the molecule is CC[C@@H](NC(=O)c1csc2nc(-c3ccc(C(F)(F)F)cc3)cn12)c1ccncc1. The molecule has 3 aromatic heterocycles. The summed E-state index contributed by atoms with van der Waals surface area (Å²) in [6, 6.07) is 8.37. The smallest absolute Gasteiger partial charge is 0.344 e. The van der Waals surface area contributed by atoms with Gasteiger partial charge in [0.25, 0.3) is 5.91 Å². The minimum Gasteiger partial charge on any atom is -0.344 e. The van der Waals surface area contributed by atoms with Gasteiger partial charge in [0.2, 0.25) is 0 Å². The minimum absolute atomic E-state index is 0.159. The molecule has 1 N–H and O–H groups in total. The van der Waals surface area contributed by atoms with Crippen LogP contribution in [0.3, 0.4) is 0 Å². The standard InChI is InChI=1S/C21H17F3N4OS/c1-2-16(14-7-9-25-10-8-14)26-19(29)18-12-30-20-27-17(11-28(18)20)13-3-5-15(6-4-13)21(22,23)24/h3-12,16H,2H2,1H3,(H,26,29)/t16-/m1/s1. The van der Waals surface area contributed by atoms with Crippen LogP contribution in [0.15, 0.2) is 60.4 Å². The number of pyridine rings is 1. The highest BCUT2D eigenvalue weighted by atomic mass is 32.1. The van der Waals surface area contributed by atoms with Gasteiger partial charge in [-0.05, 0) is 36.2 Å². The first-order chi connectivity index (χ1) is 14.4. The molecule has 0 unspecified atom stereocenters. The Morgan fingerprint density at radius 2 is 1.87 bits per heavy atom. The minimum atomic E-state index is -4.39. The molecule has 0 aliphatic heterocycles. The van der Waals surface area contributed by atoms with Crippen molar-refractivity contribution in [3.05, 3.63) is 77.2 Å². The number of amides is 1. The van der Waals surface area contributed by atoms with Crippen molar-refractivity contribution < 1.29 is 18.0 Å². The van der Waals surface area contributed by atoms with E-state index in [2.05, 4.69) is 15.3 Å². The van der Waals surface area contributed by atoms with Crippen molar-refractivity contribution in [1.82, 2.24) is 19.7 Å². The van der Waals surface area contributed by atoms with Crippen LogP contribution < -0.4 is 5.32 Å². The number of thiazole rings is 1. The van der Waals surface area contributed by atoms with E-state index in [0.29, 0.717) is 28.3 Å². The van der Waals surface area contributed by atoms with Crippen LogP contribution in [0.5, 0.6) is 0 Å². The Labute approximate surface area is 174 Å². The number of nitrogens with zero attached hydrogens (tertiary/aromatic N) is 3. The van der Waals surface area contributed by atoms with E-state index in [1.165, 1.54) is 23.5 Å². The fraction of sp³-hybridized carbons (Fsp3) is 0.190. The summed E-state index contributed by atoms with van der Waals surface area (Å²) in [6.45, 7) is 1.98. The van der Waals surface area contributed by atoms with Crippen LogP contribution in [0.4, 0.5) is 13.2 Å². The molecular formula is C21H17F3N4OS.